The molecule has 9 rings (SSSR count). The van der Waals surface area contributed by atoms with E-state index in [1.165, 1.54) is 16.3 Å². The number of fused-ring (bicyclic) bond motifs is 6. The minimum atomic E-state index is -0.929. The molecule has 1 saturated carbocycles. The molecule has 0 radical (unpaired) electrons. The van der Waals surface area contributed by atoms with Crippen molar-refractivity contribution in [3.05, 3.63) is 51.4 Å². The molecule has 6 atom stereocenters. The summed E-state index contributed by atoms with van der Waals surface area (Å²) in [5, 5.41) is 7.92. The number of aromatic nitrogens is 3. The number of esters is 1. The van der Waals surface area contributed by atoms with E-state index in [1.54, 1.807) is 7.11 Å². The first kappa shape index (κ1) is 41.9. The van der Waals surface area contributed by atoms with E-state index in [0.717, 1.165) is 71.7 Å². The first-order valence-corrected chi connectivity index (χ1v) is 22.9. The number of methoxy groups -OCH3 is 1. The van der Waals surface area contributed by atoms with E-state index in [1.807, 2.05) is 38.4 Å². The van der Waals surface area contributed by atoms with Crippen LogP contribution < -0.4 is 15.6 Å². The summed E-state index contributed by atoms with van der Waals surface area (Å²) >= 11 is 1.36. The summed E-state index contributed by atoms with van der Waals surface area (Å²) in [4.78, 5) is 56.4. The molecule has 1 aromatic carbocycles. The van der Waals surface area contributed by atoms with Gasteiger partial charge in [-0.05, 0) is 75.6 Å². The summed E-state index contributed by atoms with van der Waals surface area (Å²) in [5.74, 6) is -0.940. The largest absolute Gasteiger partial charge is 0.464 e. The van der Waals surface area contributed by atoms with Crippen molar-refractivity contribution in [2.75, 3.05) is 58.4 Å². The third-order valence-corrected chi connectivity index (χ3v) is 14.9. The van der Waals surface area contributed by atoms with Gasteiger partial charge in [0, 0.05) is 91.6 Å². The molecule has 2 N–H and O–H groups in total. The van der Waals surface area contributed by atoms with Crippen molar-refractivity contribution in [1.29, 1.82) is 0 Å². The molecule has 1 unspecified atom stereocenters. The number of thiazole rings is 1. The Morgan fingerprint density at radius 2 is 1.84 bits per heavy atom. The van der Waals surface area contributed by atoms with Crippen LogP contribution in [0.5, 0.6) is 0 Å². The second-order valence-corrected chi connectivity index (χ2v) is 19.8. The van der Waals surface area contributed by atoms with Crippen LogP contribution in [-0.4, -0.2) is 108 Å². The Hall–Kier alpha value is -4.44. The molecule has 61 heavy (non-hydrogen) atoms. The van der Waals surface area contributed by atoms with Crippen molar-refractivity contribution in [3.8, 4) is 22.5 Å². The molecule has 2 amide bonds. The number of halogens is 1. The fourth-order valence-corrected chi connectivity index (χ4v) is 10.9. The summed E-state index contributed by atoms with van der Waals surface area (Å²) in [7, 11) is 3.84. The highest BCUT2D eigenvalue weighted by molar-refractivity contribution is 7.10. The Morgan fingerprint density at radius 3 is 2.57 bits per heavy atom. The number of benzene rings is 1. The number of likely N-dealkylation sites (N-methyl/N-ethyl adjacent to an activating group) is 1. The van der Waals surface area contributed by atoms with Crippen molar-refractivity contribution in [2.45, 2.75) is 97.9 Å². The zero-order valence-corrected chi connectivity index (χ0v) is 37.3. The van der Waals surface area contributed by atoms with Crippen molar-refractivity contribution in [3.63, 3.8) is 0 Å². The van der Waals surface area contributed by atoms with Gasteiger partial charge in [-0.2, -0.15) is 0 Å². The van der Waals surface area contributed by atoms with E-state index in [2.05, 4.69) is 52.1 Å². The van der Waals surface area contributed by atoms with Crippen molar-refractivity contribution in [2.24, 2.45) is 23.2 Å². The highest BCUT2D eigenvalue weighted by Crippen LogP contribution is 2.47. The fourth-order valence-electron chi connectivity index (χ4n) is 10.0. The molecule has 3 aromatic heterocycles. The normalized spacial score (nSPS) is 26.2. The number of hydrogen-bond acceptors (Lipinski definition) is 11. The maximum absolute atomic E-state index is 17.3. The Kier molecular flexibility index (Phi) is 11.2. The Morgan fingerprint density at radius 1 is 1.07 bits per heavy atom. The summed E-state index contributed by atoms with van der Waals surface area (Å²) in [6.45, 7) is 15.2. The number of anilines is 1. The molecule has 4 aromatic rings. The van der Waals surface area contributed by atoms with Crippen LogP contribution >= 0.6 is 11.3 Å². The lowest BCUT2D eigenvalue weighted by molar-refractivity contribution is -0.155. The summed E-state index contributed by atoms with van der Waals surface area (Å²) in [5.41, 5.74) is 9.87. The molecule has 326 valence electrons. The first-order valence-electron chi connectivity index (χ1n) is 22.0. The Labute approximate surface area is 361 Å². The van der Waals surface area contributed by atoms with E-state index < -0.39 is 23.5 Å². The number of aryl methyl sites for hydroxylation is 2. The van der Waals surface area contributed by atoms with Crippen LogP contribution in [-0.2, 0) is 49.7 Å². The van der Waals surface area contributed by atoms with Gasteiger partial charge in [-0.3, -0.25) is 24.4 Å². The number of carbonyl (C=O) groups excluding carboxylic acids is 3. The smallest absolute Gasteiger partial charge is 0.324 e. The van der Waals surface area contributed by atoms with Crippen LogP contribution in [0.3, 0.4) is 0 Å². The molecule has 6 bridgehead atoms. The van der Waals surface area contributed by atoms with Gasteiger partial charge >= 0.3 is 5.97 Å². The van der Waals surface area contributed by atoms with Crippen molar-refractivity contribution < 1.29 is 28.2 Å². The minimum Gasteiger partial charge on any atom is -0.464 e. The standard InChI is InChI=1S/C46H59FN8O5S/c1-25-26(2)38(25)43(56)50-35-20-37-49-36(23-61-37)31-19-30-33(21-46(4,5)24-60-45(58)34-11-9-13-55(51-34)44(35)57)42(54-12-8-10-29(39(31)47)41(30)54)32-18-28(22-48-40(32)27(3)59-7)53-16-14-52(6)15-17-53/h18-19,22-23,25-27,34-35,38,51H,8-17,20-21,24H2,1-7H3,(H,50,56)/t25-,26+,27-,34-,35-,38?/m0/s1. The van der Waals surface area contributed by atoms with Gasteiger partial charge in [0.1, 0.15) is 17.9 Å². The van der Waals surface area contributed by atoms with Crippen molar-refractivity contribution in [1.82, 2.24) is 35.2 Å². The molecule has 1 aliphatic carbocycles. The molecule has 0 spiro atoms. The van der Waals surface area contributed by atoms with E-state index in [0.29, 0.717) is 60.6 Å². The molecule has 7 heterocycles. The SMILES string of the molecule is CO[C@@H](C)c1ncc(N2CCN(C)CC2)cc1-c1c2c3cc(c(F)c4c3n1CCC4)-c1csc(n1)C[C@H](NC(=O)C1[C@@H](C)[C@H]1C)C(=O)N1CCC[C@H](N1)C(=O)OCC(C)(C)C2. The lowest BCUT2D eigenvalue weighted by Crippen LogP contribution is -2.60. The number of hydrazine groups is 1. The van der Waals surface area contributed by atoms with Gasteiger partial charge in [-0.25, -0.2) is 14.8 Å². The fraction of sp³-hybridized carbons (Fsp3) is 0.587. The highest BCUT2D eigenvalue weighted by atomic mass is 32.1. The number of amides is 2. The quantitative estimate of drug-likeness (QED) is 0.225. The second kappa shape index (κ2) is 16.4. The number of hydrogen-bond donors (Lipinski definition) is 2. The minimum absolute atomic E-state index is 0.123. The van der Waals surface area contributed by atoms with E-state index in [4.69, 9.17) is 19.4 Å². The third-order valence-electron chi connectivity index (χ3n) is 14.0. The lowest BCUT2D eigenvalue weighted by atomic mass is 9.83. The van der Waals surface area contributed by atoms with Gasteiger partial charge in [0.2, 0.25) is 5.91 Å². The molecule has 15 heteroatoms. The second-order valence-electron chi connectivity index (χ2n) is 18.9. The van der Waals surface area contributed by atoms with Gasteiger partial charge in [0.05, 0.1) is 52.2 Å². The molecular weight excluding hydrogens is 796 g/mol. The number of nitrogens with one attached hydrogen (secondary N) is 2. The maximum atomic E-state index is 17.3. The van der Waals surface area contributed by atoms with Crippen LogP contribution in [0.25, 0.3) is 33.4 Å². The van der Waals surface area contributed by atoms with Crippen LogP contribution in [0.15, 0.2) is 23.7 Å². The van der Waals surface area contributed by atoms with Crippen LogP contribution in [0, 0.1) is 29.0 Å². The van der Waals surface area contributed by atoms with Crippen LogP contribution in [0.4, 0.5) is 10.1 Å². The number of carbonyl (C=O) groups is 3. The Balaban J connectivity index is 1.21. The number of ether oxygens (including phenoxy) is 2. The molecule has 4 aliphatic heterocycles. The van der Waals surface area contributed by atoms with Gasteiger partial charge in [0.25, 0.3) is 5.91 Å². The van der Waals surface area contributed by atoms with Crippen LogP contribution in [0.2, 0.25) is 0 Å². The molecular formula is C46H59FN8O5S. The van der Waals surface area contributed by atoms with Crippen LogP contribution in [0.1, 0.15) is 81.8 Å². The summed E-state index contributed by atoms with van der Waals surface area (Å²) in [6.07, 6.45) is 4.72. The van der Waals surface area contributed by atoms with E-state index >= 15 is 4.39 Å². The lowest BCUT2D eigenvalue weighted by Gasteiger charge is -2.35. The summed E-state index contributed by atoms with van der Waals surface area (Å²) < 4.78 is 31.7. The highest BCUT2D eigenvalue weighted by Gasteiger charge is 2.49. The maximum Gasteiger partial charge on any atom is 0.324 e. The van der Waals surface area contributed by atoms with Crippen molar-refractivity contribution >= 4 is 45.7 Å². The number of rotatable bonds is 6. The molecule has 2 saturated heterocycles. The Bertz CT molecular complexity index is 2360. The van der Waals surface area contributed by atoms with Gasteiger partial charge < -0.3 is 29.2 Å². The van der Waals surface area contributed by atoms with E-state index in [-0.39, 0.29) is 54.5 Å². The molecule has 5 aliphatic rings. The van der Waals surface area contributed by atoms with Gasteiger partial charge in [-0.1, -0.05) is 27.7 Å². The predicted octanol–water partition coefficient (Wildman–Crippen LogP) is 5.92. The zero-order chi connectivity index (χ0) is 42.9. The number of cyclic esters (lactones) is 1. The van der Waals surface area contributed by atoms with E-state index in [9.17, 15) is 14.4 Å². The average molecular weight is 855 g/mol. The van der Waals surface area contributed by atoms with Gasteiger partial charge in [0.15, 0.2) is 0 Å². The monoisotopic (exact) mass is 854 g/mol. The summed E-state index contributed by atoms with van der Waals surface area (Å²) in [6, 6.07) is 2.55. The molecule has 3 fully saturated rings. The average Bonchev–Trinajstić information content (AvgIpc) is 3.51. The molecule has 13 nitrogen and oxygen atoms in total. The number of pyridine rings is 1. The zero-order valence-electron chi connectivity index (χ0n) is 36.5. The number of piperazine rings is 1. The predicted molar refractivity (Wildman–Crippen MR) is 233 cm³/mol. The number of nitrogens with zero attached hydrogens (tertiary/aromatic N) is 6. The third kappa shape index (κ3) is 7.84. The topological polar surface area (TPSA) is 134 Å². The van der Waals surface area contributed by atoms with Gasteiger partial charge in [-0.15, -0.1) is 11.3 Å². The first-order chi connectivity index (χ1) is 29.2.